The fourth-order valence-electron chi connectivity index (χ4n) is 2.03. The molecule has 1 saturated carbocycles. The van der Waals surface area contributed by atoms with Gasteiger partial charge < -0.3 is 11.1 Å². The van der Waals surface area contributed by atoms with E-state index in [9.17, 15) is 4.79 Å². The van der Waals surface area contributed by atoms with Gasteiger partial charge in [0.2, 0.25) is 0 Å². The number of hydrogen-bond acceptors (Lipinski definition) is 3. The molecule has 2 aromatic rings. The number of amides is 1. The predicted octanol–water partition coefficient (Wildman–Crippen LogP) is 1.99. The fraction of sp³-hybridized carbons (Fsp3) is 0.286. The van der Waals surface area contributed by atoms with E-state index in [1.807, 2.05) is 12.1 Å². The molecule has 20 heavy (non-hydrogen) atoms. The van der Waals surface area contributed by atoms with Crippen molar-refractivity contribution < 1.29 is 4.79 Å². The Kier molecular flexibility index (Phi) is 3.58. The van der Waals surface area contributed by atoms with Crippen LogP contribution in [0.3, 0.4) is 0 Å². The van der Waals surface area contributed by atoms with Gasteiger partial charge in [-0.05, 0) is 36.6 Å². The van der Waals surface area contributed by atoms with E-state index in [1.165, 1.54) is 12.8 Å². The van der Waals surface area contributed by atoms with E-state index in [4.69, 9.17) is 5.73 Å². The summed E-state index contributed by atoms with van der Waals surface area (Å²) in [5.74, 6) is -0.517. The lowest BCUT2D eigenvalue weighted by Gasteiger charge is -2.11. The summed E-state index contributed by atoms with van der Waals surface area (Å²) in [5.41, 5.74) is 7.60. The van der Waals surface area contributed by atoms with Gasteiger partial charge in [-0.2, -0.15) is 5.10 Å². The highest BCUT2D eigenvalue weighted by Crippen LogP contribution is 2.23. The Hall–Kier alpha value is -1.66. The van der Waals surface area contributed by atoms with E-state index < -0.39 is 5.91 Å². The van der Waals surface area contributed by atoms with Crippen LogP contribution in [0.25, 0.3) is 5.69 Å². The molecule has 5 nitrogen and oxygen atoms in total. The molecule has 1 heterocycles. The van der Waals surface area contributed by atoms with Crippen molar-refractivity contribution in [3.8, 4) is 5.69 Å². The first-order chi connectivity index (χ1) is 9.63. The minimum atomic E-state index is -0.517. The second kappa shape index (κ2) is 5.38. The standard InChI is InChI=1S/C14H15BrN4O/c15-10-2-1-9(8-17-11-3-4-11)13(7-10)19-6-5-12(18-19)14(16)20/h1-2,5-7,11,17H,3-4,8H2,(H2,16,20). The first-order valence-electron chi connectivity index (χ1n) is 6.51. The van der Waals surface area contributed by atoms with Crippen LogP contribution < -0.4 is 11.1 Å². The van der Waals surface area contributed by atoms with Crippen LogP contribution >= 0.6 is 15.9 Å². The Morgan fingerprint density at radius 1 is 1.45 bits per heavy atom. The summed E-state index contributed by atoms with van der Waals surface area (Å²) in [6.07, 6.45) is 4.25. The number of nitrogens with one attached hydrogen (secondary N) is 1. The van der Waals surface area contributed by atoms with Crippen LogP contribution in [0, 0.1) is 0 Å². The molecule has 1 amide bonds. The summed E-state index contributed by atoms with van der Waals surface area (Å²) >= 11 is 3.47. The van der Waals surface area contributed by atoms with Gasteiger partial charge >= 0.3 is 0 Å². The van der Waals surface area contributed by atoms with Crippen molar-refractivity contribution >= 4 is 21.8 Å². The quantitative estimate of drug-likeness (QED) is 0.878. The van der Waals surface area contributed by atoms with Crippen molar-refractivity contribution in [2.24, 2.45) is 5.73 Å². The third kappa shape index (κ3) is 2.91. The van der Waals surface area contributed by atoms with Crippen molar-refractivity contribution in [3.63, 3.8) is 0 Å². The van der Waals surface area contributed by atoms with Gasteiger partial charge in [-0.3, -0.25) is 4.79 Å². The summed E-state index contributed by atoms with van der Waals surface area (Å²) in [7, 11) is 0. The second-order valence-electron chi connectivity index (χ2n) is 4.94. The average Bonchev–Trinajstić information content (AvgIpc) is 3.11. The van der Waals surface area contributed by atoms with Crippen LogP contribution in [-0.2, 0) is 6.54 Å². The van der Waals surface area contributed by atoms with Gasteiger partial charge in [-0.25, -0.2) is 4.68 Å². The highest BCUT2D eigenvalue weighted by molar-refractivity contribution is 9.10. The van der Waals surface area contributed by atoms with Crippen LogP contribution in [0.2, 0.25) is 0 Å². The van der Waals surface area contributed by atoms with Gasteiger partial charge in [-0.1, -0.05) is 22.0 Å². The molecule has 1 aromatic carbocycles. The van der Waals surface area contributed by atoms with Crippen molar-refractivity contribution in [2.75, 3.05) is 0 Å². The zero-order valence-electron chi connectivity index (χ0n) is 10.8. The molecule has 3 N–H and O–H groups in total. The Morgan fingerprint density at radius 2 is 2.25 bits per heavy atom. The van der Waals surface area contributed by atoms with Gasteiger partial charge in [0, 0.05) is 23.3 Å². The molecule has 1 aromatic heterocycles. The van der Waals surface area contributed by atoms with E-state index in [1.54, 1.807) is 16.9 Å². The summed E-state index contributed by atoms with van der Waals surface area (Å²) < 4.78 is 2.66. The van der Waals surface area contributed by atoms with Gasteiger partial charge in [0.05, 0.1) is 5.69 Å². The molecular formula is C14H15BrN4O. The highest BCUT2D eigenvalue weighted by Gasteiger charge is 2.20. The molecule has 1 aliphatic carbocycles. The number of benzene rings is 1. The molecule has 1 aliphatic rings. The van der Waals surface area contributed by atoms with Gasteiger partial charge in [0.25, 0.3) is 5.91 Å². The smallest absolute Gasteiger partial charge is 0.269 e. The molecule has 0 aliphatic heterocycles. The van der Waals surface area contributed by atoms with E-state index in [-0.39, 0.29) is 5.69 Å². The number of rotatable bonds is 5. The maximum absolute atomic E-state index is 11.1. The molecule has 1 fully saturated rings. The van der Waals surface area contributed by atoms with E-state index in [0.29, 0.717) is 6.04 Å². The number of nitrogens with zero attached hydrogens (tertiary/aromatic N) is 2. The largest absolute Gasteiger partial charge is 0.364 e. The molecule has 3 rings (SSSR count). The van der Waals surface area contributed by atoms with Crippen LogP contribution in [-0.4, -0.2) is 21.7 Å². The van der Waals surface area contributed by atoms with Crippen LogP contribution in [0.15, 0.2) is 34.9 Å². The molecule has 0 atom stereocenters. The molecular weight excluding hydrogens is 320 g/mol. The van der Waals surface area contributed by atoms with Gasteiger partial charge in [0.1, 0.15) is 5.69 Å². The minimum absolute atomic E-state index is 0.270. The Balaban J connectivity index is 1.91. The van der Waals surface area contributed by atoms with Crippen LogP contribution in [0.1, 0.15) is 28.9 Å². The number of hydrogen-bond donors (Lipinski definition) is 2. The second-order valence-corrected chi connectivity index (χ2v) is 5.85. The maximum atomic E-state index is 11.1. The third-order valence-electron chi connectivity index (χ3n) is 3.29. The first kappa shape index (κ1) is 13.3. The van der Waals surface area contributed by atoms with E-state index in [2.05, 4.69) is 32.4 Å². The van der Waals surface area contributed by atoms with Crippen molar-refractivity contribution in [1.82, 2.24) is 15.1 Å². The average molecular weight is 335 g/mol. The summed E-state index contributed by atoms with van der Waals surface area (Å²) in [6, 6.07) is 8.32. The molecule has 0 unspecified atom stereocenters. The minimum Gasteiger partial charge on any atom is -0.364 e. The summed E-state index contributed by atoms with van der Waals surface area (Å²) in [4.78, 5) is 11.1. The van der Waals surface area contributed by atoms with Crippen LogP contribution in [0.5, 0.6) is 0 Å². The molecule has 104 valence electrons. The molecule has 0 radical (unpaired) electrons. The lowest BCUT2D eigenvalue weighted by atomic mass is 10.2. The molecule has 0 spiro atoms. The van der Waals surface area contributed by atoms with Crippen LogP contribution in [0.4, 0.5) is 0 Å². The highest BCUT2D eigenvalue weighted by atomic mass is 79.9. The lowest BCUT2D eigenvalue weighted by molar-refractivity contribution is 0.0995. The molecule has 0 saturated heterocycles. The summed E-state index contributed by atoms with van der Waals surface area (Å²) in [5, 5.41) is 7.70. The van der Waals surface area contributed by atoms with Crippen molar-refractivity contribution in [2.45, 2.75) is 25.4 Å². The number of primary amides is 1. The zero-order valence-corrected chi connectivity index (χ0v) is 12.4. The first-order valence-corrected chi connectivity index (χ1v) is 7.30. The Labute approximate surface area is 125 Å². The predicted molar refractivity (Wildman–Crippen MR) is 79.6 cm³/mol. The number of aromatic nitrogens is 2. The van der Waals surface area contributed by atoms with Gasteiger partial charge in [-0.15, -0.1) is 0 Å². The van der Waals surface area contributed by atoms with Crippen molar-refractivity contribution in [1.29, 1.82) is 0 Å². The molecule has 6 heteroatoms. The third-order valence-corrected chi connectivity index (χ3v) is 3.79. The van der Waals surface area contributed by atoms with Gasteiger partial charge in [0.15, 0.2) is 0 Å². The number of halogens is 1. The number of carbonyl (C=O) groups is 1. The Morgan fingerprint density at radius 3 is 2.90 bits per heavy atom. The maximum Gasteiger partial charge on any atom is 0.269 e. The number of carbonyl (C=O) groups excluding carboxylic acids is 1. The van der Waals surface area contributed by atoms with E-state index >= 15 is 0 Å². The number of nitrogens with two attached hydrogens (primary N) is 1. The molecule has 0 bridgehead atoms. The monoisotopic (exact) mass is 334 g/mol. The zero-order chi connectivity index (χ0) is 14.1. The topological polar surface area (TPSA) is 72.9 Å². The summed E-state index contributed by atoms with van der Waals surface area (Å²) in [6.45, 7) is 0.791. The normalized spacial score (nSPS) is 14.4. The Bertz CT molecular complexity index is 648. The van der Waals surface area contributed by atoms with Crippen molar-refractivity contribution in [3.05, 3.63) is 46.2 Å². The SMILES string of the molecule is NC(=O)c1ccn(-c2cc(Br)ccc2CNC2CC2)n1. The fourth-order valence-corrected chi connectivity index (χ4v) is 2.38. The lowest BCUT2D eigenvalue weighted by Crippen LogP contribution is -2.17. The van der Waals surface area contributed by atoms with E-state index in [0.717, 1.165) is 22.3 Å².